The van der Waals surface area contributed by atoms with E-state index in [2.05, 4.69) is 58.0 Å². The molecule has 0 N–H and O–H groups in total. The molecular weight excluding hydrogens is 240 g/mol. The van der Waals surface area contributed by atoms with Gasteiger partial charge in [0.1, 0.15) is 0 Å². The molecule has 0 unspecified atom stereocenters. The molecule has 0 aliphatic heterocycles. The van der Waals surface area contributed by atoms with Gasteiger partial charge in [0, 0.05) is 5.02 Å². The second-order valence-corrected chi connectivity index (χ2v) is 5.62. The highest BCUT2D eigenvalue weighted by Crippen LogP contribution is 2.32. The molecule has 18 heavy (non-hydrogen) atoms. The first kappa shape index (κ1) is 13.2. The molecule has 0 saturated heterocycles. The van der Waals surface area contributed by atoms with Gasteiger partial charge >= 0.3 is 0 Å². The molecule has 0 saturated carbocycles. The van der Waals surface area contributed by atoms with Crippen molar-refractivity contribution in [2.75, 3.05) is 0 Å². The monoisotopic (exact) mass is 258 g/mol. The fourth-order valence-corrected chi connectivity index (χ4v) is 2.36. The molecule has 0 amide bonds. The van der Waals surface area contributed by atoms with Crippen LogP contribution in [0, 0.1) is 13.8 Å². The van der Waals surface area contributed by atoms with E-state index in [1.807, 2.05) is 6.07 Å². The quantitative estimate of drug-likeness (QED) is 0.644. The standard InChI is InChI=1S/C17H19Cl/c1-11(2)16-8-7-15(18)10-17(16)14-6-5-12(3)13(4)9-14/h5-11H,1-4H3. The van der Waals surface area contributed by atoms with Gasteiger partial charge in [-0.25, -0.2) is 0 Å². The van der Waals surface area contributed by atoms with Crippen molar-refractivity contribution in [1.29, 1.82) is 0 Å². The third kappa shape index (κ3) is 2.59. The maximum Gasteiger partial charge on any atom is 0.0412 e. The summed E-state index contributed by atoms with van der Waals surface area (Å²) in [5, 5.41) is 0.799. The van der Waals surface area contributed by atoms with Crippen LogP contribution in [0.3, 0.4) is 0 Å². The van der Waals surface area contributed by atoms with Gasteiger partial charge in [0.25, 0.3) is 0 Å². The zero-order valence-electron chi connectivity index (χ0n) is 11.4. The topological polar surface area (TPSA) is 0 Å². The lowest BCUT2D eigenvalue weighted by molar-refractivity contribution is 0.869. The fraction of sp³-hybridized carbons (Fsp3) is 0.294. The van der Waals surface area contributed by atoms with E-state index in [1.54, 1.807) is 0 Å². The summed E-state index contributed by atoms with van der Waals surface area (Å²) in [7, 11) is 0. The summed E-state index contributed by atoms with van der Waals surface area (Å²) < 4.78 is 0. The van der Waals surface area contributed by atoms with Crippen molar-refractivity contribution in [3.63, 3.8) is 0 Å². The Morgan fingerprint density at radius 2 is 1.61 bits per heavy atom. The van der Waals surface area contributed by atoms with Crippen molar-refractivity contribution in [2.24, 2.45) is 0 Å². The molecule has 0 aliphatic rings. The van der Waals surface area contributed by atoms with Gasteiger partial charge in [0.05, 0.1) is 0 Å². The molecule has 0 aromatic heterocycles. The molecule has 1 heteroatoms. The highest BCUT2D eigenvalue weighted by molar-refractivity contribution is 6.30. The van der Waals surface area contributed by atoms with Crippen LogP contribution < -0.4 is 0 Å². The summed E-state index contributed by atoms with van der Waals surface area (Å²) in [5.74, 6) is 0.499. The van der Waals surface area contributed by atoms with E-state index in [1.165, 1.54) is 27.8 Å². The summed E-state index contributed by atoms with van der Waals surface area (Å²) in [6, 6.07) is 12.8. The Morgan fingerprint density at radius 3 is 2.22 bits per heavy atom. The molecule has 2 aromatic rings. The smallest absolute Gasteiger partial charge is 0.0412 e. The van der Waals surface area contributed by atoms with Crippen LogP contribution in [-0.2, 0) is 0 Å². The number of hydrogen-bond donors (Lipinski definition) is 0. The SMILES string of the molecule is Cc1ccc(-c2cc(Cl)ccc2C(C)C)cc1C. The Balaban J connectivity index is 2.61. The minimum atomic E-state index is 0.499. The van der Waals surface area contributed by atoms with E-state index >= 15 is 0 Å². The van der Waals surface area contributed by atoms with Crippen LogP contribution in [0.15, 0.2) is 36.4 Å². The predicted octanol–water partition coefficient (Wildman–Crippen LogP) is 5.75. The number of aryl methyl sites for hydroxylation is 2. The highest BCUT2D eigenvalue weighted by Gasteiger charge is 2.09. The maximum atomic E-state index is 6.14. The fourth-order valence-electron chi connectivity index (χ4n) is 2.19. The Morgan fingerprint density at radius 1 is 0.889 bits per heavy atom. The minimum absolute atomic E-state index is 0.499. The van der Waals surface area contributed by atoms with Gasteiger partial charge in [-0.05, 0) is 59.7 Å². The summed E-state index contributed by atoms with van der Waals surface area (Å²) in [6.07, 6.45) is 0. The molecule has 0 bridgehead atoms. The van der Waals surface area contributed by atoms with Gasteiger partial charge in [-0.15, -0.1) is 0 Å². The van der Waals surface area contributed by atoms with Crippen LogP contribution in [0.5, 0.6) is 0 Å². The third-order valence-electron chi connectivity index (χ3n) is 3.46. The first-order valence-electron chi connectivity index (χ1n) is 6.36. The number of hydrogen-bond acceptors (Lipinski definition) is 0. The average Bonchev–Trinajstić information content (AvgIpc) is 2.32. The van der Waals surface area contributed by atoms with Crippen LogP contribution >= 0.6 is 11.6 Å². The molecule has 2 aromatic carbocycles. The van der Waals surface area contributed by atoms with E-state index in [0.29, 0.717) is 5.92 Å². The van der Waals surface area contributed by atoms with E-state index < -0.39 is 0 Å². The molecule has 0 spiro atoms. The Hall–Kier alpha value is -1.27. The van der Waals surface area contributed by atoms with E-state index in [9.17, 15) is 0 Å². The number of rotatable bonds is 2. The third-order valence-corrected chi connectivity index (χ3v) is 3.69. The molecule has 0 heterocycles. The van der Waals surface area contributed by atoms with Crippen molar-refractivity contribution < 1.29 is 0 Å². The molecular formula is C17H19Cl. The molecule has 0 aliphatic carbocycles. The number of benzene rings is 2. The molecule has 0 radical (unpaired) electrons. The van der Waals surface area contributed by atoms with Crippen LogP contribution in [0.1, 0.15) is 36.5 Å². The van der Waals surface area contributed by atoms with Crippen LogP contribution in [0.25, 0.3) is 11.1 Å². The summed E-state index contributed by atoms with van der Waals surface area (Å²) in [5.41, 5.74) is 6.50. The normalized spacial score (nSPS) is 11.0. The second kappa shape index (κ2) is 5.16. The van der Waals surface area contributed by atoms with Gasteiger partial charge in [0.2, 0.25) is 0 Å². The van der Waals surface area contributed by atoms with Crippen molar-refractivity contribution in [2.45, 2.75) is 33.6 Å². The zero-order chi connectivity index (χ0) is 13.3. The molecule has 0 nitrogen and oxygen atoms in total. The molecule has 0 atom stereocenters. The van der Waals surface area contributed by atoms with E-state index in [4.69, 9.17) is 11.6 Å². The minimum Gasteiger partial charge on any atom is -0.0843 e. The van der Waals surface area contributed by atoms with Crippen LogP contribution in [-0.4, -0.2) is 0 Å². The van der Waals surface area contributed by atoms with Crippen LogP contribution in [0.4, 0.5) is 0 Å². The predicted molar refractivity (Wildman–Crippen MR) is 80.5 cm³/mol. The Labute approximate surface area is 115 Å². The number of halogens is 1. The first-order chi connectivity index (χ1) is 8.49. The summed E-state index contributed by atoms with van der Waals surface area (Å²) in [4.78, 5) is 0. The van der Waals surface area contributed by atoms with Crippen molar-refractivity contribution in [1.82, 2.24) is 0 Å². The van der Waals surface area contributed by atoms with E-state index in [0.717, 1.165) is 5.02 Å². The Kier molecular flexibility index (Phi) is 3.77. The highest BCUT2D eigenvalue weighted by atomic mass is 35.5. The Bertz CT molecular complexity index is 568. The lowest BCUT2D eigenvalue weighted by Crippen LogP contribution is -1.93. The lowest BCUT2D eigenvalue weighted by Gasteiger charge is -2.14. The first-order valence-corrected chi connectivity index (χ1v) is 6.74. The molecule has 0 fully saturated rings. The van der Waals surface area contributed by atoms with Crippen molar-refractivity contribution in [3.8, 4) is 11.1 Å². The summed E-state index contributed by atoms with van der Waals surface area (Å²) in [6.45, 7) is 8.72. The maximum absolute atomic E-state index is 6.14. The second-order valence-electron chi connectivity index (χ2n) is 5.19. The largest absolute Gasteiger partial charge is 0.0843 e. The van der Waals surface area contributed by atoms with Crippen LogP contribution in [0.2, 0.25) is 5.02 Å². The molecule has 94 valence electrons. The van der Waals surface area contributed by atoms with Crippen molar-refractivity contribution >= 4 is 11.6 Å². The van der Waals surface area contributed by atoms with Gasteiger partial charge in [-0.2, -0.15) is 0 Å². The van der Waals surface area contributed by atoms with Gasteiger partial charge in [0.15, 0.2) is 0 Å². The van der Waals surface area contributed by atoms with Gasteiger partial charge in [-0.3, -0.25) is 0 Å². The molecule has 2 rings (SSSR count). The van der Waals surface area contributed by atoms with Gasteiger partial charge in [-0.1, -0.05) is 49.7 Å². The van der Waals surface area contributed by atoms with E-state index in [-0.39, 0.29) is 0 Å². The average molecular weight is 259 g/mol. The van der Waals surface area contributed by atoms with Crippen molar-refractivity contribution in [3.05, 3.63) is 58.1 Å². The lowest BCUT2D eigenvalue weighted by atomic mass is 9.91. The summed E-state index contributed by atoms with van der Waals surface area (Å²) >= 11 is 6.14. The zero-order valence-corrected chi connectivity index (χ0v) is 12.2. The van der Waals surface area contributed by atoms with Gasteiger partial charge < -0.3 is 0 Å².